The molecule has 90 valence electrons. The highest BCUT2D eigenvalue weighted by molar-refractivity contribution is 5.41. The van der Waals surface area contributed by atoms with Crippen molar-refractivity contribution in [2.45, 2.75) is 19.9 Å². The summed E-state index contributed by atoms with van der Waals surface area (Å²) in [5.74, 6) is 0.732. The van der Waals surface area contributed by atoms with Gasteiger partial charge in [0.15, 0.2) is 0 Å². The van der Waals surface area contributed by atoms with E-state index in [2.05, 4.69) is 12.0 Å². The summed E-state index contributed by atoms with van der Waals surface area (Å²) in [7, 11) is 1.65. The monoisotopic (exact) mass is 231 g/mol. The zero-order chi connectivity index (χ0) is 12.3. The molecule has 0 saturated carbocycles. The van der Waals surface area contributed by atoms with Crippen LogP contribution in [0.4, 0.5) is 0 Å². The summed E-state index contributed by atoms with van der Waals surface area (Å²) < 4.78 is 7.23. The highest BCUT2D eigenvalue weighted by atomic mass is 16.5. The standard InChI is InChI=1S/C13H17N3O/c1-3-12-11(9-14)13(17-2)16(15-12)10-7-5-4-6-8-10/h4-8H,3,9,14H2,1-2H3. The topological polar surface area (TPSA) is 53.1 Å². The van der Waals surface area contributed by atoms with Crippen LogP contribution >= 0.6 is 0 Å². The Balaban J connectivity index is 2.58. The lowest BCUT2D eigenvalue weighted by Crippen LogP contribution is -2.03. The van der Waals surface area contributed by atoms with E-state index in [1.54, 1.807) is 11.8 Å². The fraction of sp³-hybridized carbons (Fsp3) is 0.308. The van der Waals surface area contributed by atoms with E-state index >= 15 is 0 Å². The maximum Gasteiger partial charge on any atom is 0.221 e. The van der Waals surface area contributed by atoms with Gasteiger partial charge in [-0.15, -0.1) is 0 Å². The number of hydrogen-bond acceptors (Lipinski definition) is 3. The van der Waals surface area contributed by atoms with Gasteiger partial charge in [0.2, 0.25) is 5.88 Å². The molecule has 0 aliphatic rings. The van der Waals surface area contributed by atoms with Gasteiger partial charge < -0.3 is 10.5 Å². The van der Waals surface area contributed by atoms with Crippen molar-refractivity contribution >= 4 is 0 Å². The Bertz CT molecular complexity index is 491. The van der Waals surface area contributed by atoms with Crippen molar-refractivity contribution in [2.24, 2.45) is 5.73 Å². The second-order valence-electron chi connectivity index (χ2n) is 3.74. The van der Waals surface area contributed by atoms with E-state index in [9.17, 15) is 0 Å². The fourth-order valence-corrected chi connectivity index (χ4v) is 1.92. The van der Waals surface area contributed by atoms with Crippen LogP contribution in [0.2, 0.25) is 0 Å². The van der Waals surface area contributed by atoms with Crippen molar-refractivity contribution in [3.63, 3.8) is 0 Å². The normalized spacial score (nSPS) is 10.5. The molecule has 1 heterocycles. The SMILES string of the molecule is CCc1nn(-c2ccccc2)c(OC)c1CN. The van der Waals surface area contributed by atoms with Crippen molar-refractivity contribution in [1.82, 2.24) is 9.78 Å². The van der Waals surface area contributed by atoms with Crippen LogP contribution < -0.4 is 10.5 Å². The van der Waals surface area contributed by atoms with Crippen LogP contribution in [-0.4, -0.2) is 16.9 Å². The summed E-state index contributed by atoms with van der Waals surface area (Å²) in [5, 5.41) is 4.55. The molecular weight excluding hydrogens is 214 g/mol. The molecule has 1 aromatic heterocycles. The average molecular weight is 231 g/mol. The predicted molar refractivity (Wildman–Crippen MR) is 67.4 cm³/mol. The molecule has 0 atom stereocenters. The zero-order valence-corrected chi connectivity index (χ0v) is 10.2. The number of benzene rings is 1. The first-order chi connectivity index (χ1) is 8.31. The Hall–Kier alpha value is -1.81. The van der Waals surface area contributed by atoms with Crippen LogP contribution in [0.1, 0.15) is 18.2 Å². The molecular formula is C13H17N3O. The largest absolute Gasteiger partial charge is 0.481 e. The molecule has 4 heteroatoms. The van der Waals surface area contributed by atoms with Gasteiger partial charge in [0.05, 0.1) is 24.1 Å². The van der Waals surface area contributed by atoms with Gasteiger partial charge in [0, 0.05) is 6.54 Å². The smallest absolute Gasteiger partial charge is 0.221 e. The van der Waals surface area contributed by atoms with Gasteiger partial charge in [-0.05, 0) is 18.6 Å². The number of aryl methyl sites for hydroxylation is 1. The van der Waals surface area contributed by atoms with E-state index in [-0.39, 0.29) is 0 Å². The summed E-state index contributed by atoms with van der Waals surface area (Å²) >= 11 is 0. The van der Waals surface area contributed by atoms with Gasteiger partial charge in [-0.25, -0.2) is 4.68 Å². The van der Waals surface area contributed by atoms with Gasteiger partial charge in [0.25, 0.3) is 0 Å². The Kier molecular flexibility index (Phi) is 3.44. The molecule has 0 bridgehead atoms. The van der Waals surface area contributed by atoms with Crippen molar-refractivity contribution in [1.29, 1.82) is 0 Å². The first-order valence-corrected chi connectivity index (χ1v) is 5.72. The lowest BCUT2D eigenvalue weighted by molar-refractivity contribution is 0.379. The third kappa shape index (κ3) is 2.03. The molecule has 0 saturated heterocycles. The van der Waals surface area contributed by atoms with Gasteiger partial charge in [-0.1, -0.05) is 25.1 Å². The molecule has 0 aliphatic carbocycles. The Morgan fingerprint density at radius 2 is 2.00 bits per heavy atom. The molecule has 0 unspecified atom stereocenters. The van der Waals surface area contributed by atoms with Crippen LogP contribution in [0.15, 0.2) is 30.3 Å². The minimum atomic E-state index is 0.444. The average Bonchev–Trinajstić information content (AvgIpc) is 2.77. The number of hydrogen-bond donors (Lipinski definition) is 1. The summed E-state index contributed by atoms with van der Waals surface area (Å²) in [6.45, 7) is 2.51. The van der Waals surface area contributed by atoms with Gasteiger partial charge in [0.1, 0.15) is 0 Å². The number of para-hydroxylation sites is 1. The van der Waals surface area contributed by atoms with Crippen LogP contribution in [-0.2, 0) is 13.0 Å². The summed E-state index contributed by atoms with van der Waals surface area (Å²) in [5.41, 5.74) is 8.72. The highest BCUT2D eigenvalue weighted by Gasteiger charge is 2.16. The number of ether oxygens (including phenoxy) is 1. The van der Waals surface area contributed by atoms with E-state index in [1.807, 2.05) is 30.3 Å². The van der Waals surface area contributed by atoms with E-state index in [0.717, 1.165) is 29.2 Å². The first kappa shape index (κ1) is 11.7. The van der Waals surface area contributed by atoms with Crippen molar-refractivity contribution < 1.29 is 4.74 Å². The minimum absolute atomic E-state index is 0.444. The second kappa shape index (κ2) is 5.01. The lowest BCUT2D eigenvalue weighted by atomic mass is 10.2. The van der Waals surface area contributed by atoms with E-state index in [4.69, 9.17) is 10.5 Å². The minimum Gasteiger partial charge on any atom is -0.481 e. The van der Waals surface area contributed by atoms with E-state index in [1.165, 1.54) is 0 Å². The molecule has 4 nitrogen and oxygen atoms in total. The molecule has 2 aromatic rings. The molecule has 2 rings (SSSR count). The number of aromatic nitrogens is 2. The molecule has 0 spiro atoms. The Labute approximate surface area is 101 Å². The first-order valence-electron chi connectivity index (χ1n) is 5.72. The quantitative estimate of drug-likeness (QED) is 0.874. The Morgan fingerprint density at radius 3 is 2.53 bits per heavy atom. The van der Waals surface area contributed by atoms with Crippen molar-refractivity contribution in [3.8, 4) is 11.6 Å². The van der Waals surface area contributed by atoms with Crippen LogP contribution in [0.5, 0.6) is 5.88 Å². The van der Waals surface area contributed by atoms with Crippen molar-refractivity contribution in [2.75, 3.05) is 7.11 Å². The number of nitrogens with zero attached hydrogens (tertiary/aromatic N) is 2. The number of rotatable bonds is 4. The van der Waals surface area contributed by atoms with Crippen LogP contribution in [0.3, 0.4) is 0 Å². The van der Waals surface area contributed by atoms with Crippen LogP contribution in [0, 0.1) is 0 Å². The summed E-state index contributed by atoms with van der Waals surface area (Å²) in [6, 6.07) is 9.92. The summed E-state index contributed by atoms with van der Waals surface area (Å²) in [6.07, 6.45) is 0.850. The molecule has 0 fully saturated rings. The lowest BCUT2D eigenvalue weighted by Gasteiger charge is -2.06. The van der Waals surface area contributed by atoms with Gasteiger partial charge >= 0.3 is 0 Å². The molecule has 0 radical (unpaired) electrons. The third-order valence-corrected chi connectivity index (χ3v) is 2.75. The number of nitrogens with two attached hydrogens (primary N) is 1. The van der Waals surface area contributed by atoms with Gasteiger partial charge in [-0.3, -0.25) is 0 Å². The fourth-order valence-electron chi connectivity index (χ4n) is 1.92. The third-order valence-electron chi connectivity index (χ3n) is 2.75. The van der Waals surface area contributed by atoms with Crippen LogP contribution in [0.25, 0.3) is 5.69 Å². The molecule has 1 aromatic carbocycles. The Morgan fingerprint density at radius 1 is 1.29 bits per heavy atom. The maximum atomic E-state index is 5.76. The van der Waals surface area contributed by atoms with Gasteiger partial charge in [-0.2, -0.15) is 5.10 Å². The molecule has 17 heavy (non-hydrogen) atoms. The molecule has 0 amide bonds. The zero-order valence-electron chi connectivity index (χ0n) is 10.2. The predicted octanol–water partition coefficient (Wildman–Crippen LogP) is 1.90. The second-order valence-corrected chi connectivity index (χ2v) is 3.74. The molecule has 2 N–H and O–H groups in total. The highest BCUT2D eigenvalue weighted by Crippen LogP contribution is 2.25. The van der Waals surface area contributed by atoms with Crippen molar-refractivity contribution in [3.05, 3.63) is 41.6 Å². The molecule has 0 aliphatic heterocycles. The van der Waals surface area contributed by atoms with E-state index in [0.29, 0.717) is 6.54 Å². The van der Waals surface area contributed by atoms with E-state index < -0.39 is 0 Å². The maximum absolute atomic E-state index is 5.76. The summed E-state index contributed by atoms with van der Waals surface area (Å²) in [4.78, 5) is 0. The number of methoxy groups -OCH3 is 1.